The van der Waals surface area contributed by atoms with E-state index in [-0.39, 0.29) is 0 Å². The molecule has 0 rings (SSSR count). The van der Waals surface area contributed by atoms with Crippen LogP contribution in [0.2, 0.25) is 0 Å². The average Bonchev–Trinajstić information content (AvgIpc) is 2.12. The van der Waals surface area contributed by atoms with E-state index in [9.17, 15) is 0 Å². The summed E-state index contributed by atoms with van der Waals surface area (Å²) in [6.07, 6.45) is 3.51. The van der Waals surface area contributed by atoms with E-state index in [0.29, 0.717) is 12.7 Å². The van der Waals surface area contributed by atoms with Gasteiger partial charge in [-0.05, 0) is 39.8 Å². The summed E-state index contributed by atoms with van der Waals surface area (Å²) >= 11 is 0. The zero-order chi connectivity index (χ0) is 10.1. The second-order valence-electron chi connectivity index (χ2n) is 3.59. The quantitative estimate of drug-likeness (QED) is 0.581. The molecule has 0 aromatic rings. The van der Waals surface area contributed by atoms with Gasteiger partial charge in [-0.2, -0.15) is 0 Å². The molecule has 0 bridgehead atoms. The van der Waals surface area contributed by atoms with Crippen molar-refractivity contribution in [2.75, 3.05) is 33.9 Å². The van der Waals surface area contributed by atoms with Crippen molar-refractivity contribution in [3.8, 4) is 0 Å². The largest absolute Gasteiger partial charge is 0.396 e. The number of likely N-dealkylation sites (N-methyl/N-ethyl adjacent to an activating group) is 1. The van der Waals surface area contributed by atoms with Crippen molar-refractivity contribution in [2.24, 2.45) is 0 Å². The number of methoxy groups -OCH3 is 1. The summed E-state index contributed by atoms with van der Waals surface area (Å²) < 4.78 is 5.17. The SMILES string of the molecule is COC(C)CN(C)CCCCCO. The summed E-state index contributed by atoms with van der Waals surface area (Å²) in [5, 5.41) is 8.58. The molecular formula is C10H23NO2. The number of aliphatic hydroxyl groups excluding tert-OH is 1. The molecule has 0 aliphatic rings. The minimum absolute atomic E-state index is 0.308. The van der Waals surface area contributed by atoms with Crippen LogP contribution in [0.4, 0.5) is 0 Å². The number of aliphatic hydroxyl groups is 1. The van der Waals surface area contributed by atoms with Crippen molar-refractivity contribution >= 4 is 0 Å². The molecule has 0 aliphatic heterocycles. The van der Waals surface area contributed by atoms with Gasteiger partial charge in [-0.25, -0.2) is 0 Å². The van der Waals surface area contributed by atoms with E-state index in [1.54, 1.807) is 7.11 Å². The van der Waals surface area contributed by atoms with Gasteiger partial charge in [0, 0.05) is 20.3 Å². The number of hydrogen-bond acceptors (Lipinski definition) is 3. The van der Waals surface area contributed by atoms with Crippen molar-refractivity contribution in [1.29, 1.82) is 0 Å². The lowest BCUT2D eigenvalue weighted by atomic mass is 10.2. The molecule has 3 nitrogen and oxygen atoms in total. The third-order valence-corrected chi connectivity index (χ3v) is 2.17. The molecule has 0 amide bonds. The molecule has 0 spiro atoms. The lowest BCUT2D eigenvalue weighted by Crippen LogP contribution is -2.29. The maximum absolute atomic E-state index is 8.58. The topological polar surface area (TPSA) is 32.7 Å². The van der Waals surface area contributed by atoms with Gasteiger partial charge in [-0.15, -0.1) is 0 Å². The van der Waals surface area contributed by atoms with Gasteiger partial charge < -0.3 is 14.7 Å². The first-order valence-corrected chi connectivity index (χ1v) is 5.03. The minimum Gasteiger partial charge on any atom is -0.396 e. The summed E-state index contributed by atoms with van der Waals surface area (Å²) in [4.78, 5) is 2.27. The van der Waals surface area contributed by atoms with Crippen molar-refractivity contribution in [3.05, 3.63) is 0 Å². The Morgan fingerprint density at radius 1 is 1.31 bits per heavy atom. The lowest BCUT2D eigenvalue weighted by Gasteiger charge is -2.20. The minimum atomic E-state index is 0.308. The molecule has 0 saturated carbocycles. The maximum atomic E-state index is 8.58. The Labute approximate surface area is 81.7 Å². The van der Waals surface area contributed by atoms with Crippen LogP contribution in [0, 0.1) is 0 Å². The van der Waals surface area contributed by atoms with Crippen LogP contribution >= 0.6 is 0 Å². The highest BCUT2D eigenvalue weighted by molar-refractivity contribution is 4.57. The lowest BCUT2D eigenvalue weighted by molar-refractivity contribution is 0.0850. The Bertz CT molecular complexity index is 109. The molecule has 0 aromatic carbocycles. The normalized spacial score (nSPS) is 13.6. The van der Waals surface area contributed by atoms with Gasteiger partial charge in [-0.3, -0.25) is 0 Å². The molecule has 0 aliphatic carbocycles. The van der Waals surface area contributed by atoms with Crippen LogP contribution in [0.3, 0.4) is 0 Å². The molecule has 80 valence electrons. The summed E-state index contributed by atoms with van der Waals surface area (Å²) in [6, 6.07) is 0. The second kappa shape index (κ2) is 8.48. The smallest absolute Gasteiger partial charge is 0.0669 e. The summed E-state index contributed by atoms with van der Waals surface area (Å²) in [6.45, 7) is 4.46. The molecule has 0 saturated heterocycles. The molecule has 0 radical (unpaired) electrons. The van der Waals surface area contributed by atoms with Crippen molar-refractivity contribution in [1.82, 2.24) is 4.90 Å². The van der Waals surface area contributed by atoms with Crippen LogP contribution in [-0.2, 0) is 4.74 Å². The van der Waals surface area contributed by atoms with Gasteiger partial charge in [0.05, 0.1) is 6.10 Å². The Morgan fingerprint density at radius 3 is 2.54 bits per heavy atom. The molecular weight excluding hydrogens is 166 g/mol. The molecule has 0 aromatic heterocycles. The third-order valence-electron chi connectivity index (χ3n) is 2.17. The number of hydrogen-bond donors (Lipinski definition) is 1. The highest BCUT2D eigenvalue weighted by atomic mass is 16.5. The van der Waals surface area contributed by atoms with Crippen LogP contribution in [0.15, 0.2) is 0 Å². The van der Waals surface area contributed by atoms with Gasteiger partial charge in [0.25, 0.3) is 0 Å². The summed E-state index contributed by atoms with van der Waals surface area (Å²) in [5.74, 6) is 0. The number of rotatable bonds is 8. The highest BCUT2D eigenvalue weighted by Gasteiger charge is 2.03. The number of unbranched alkanes of at least 4 members (excludes halogenated alkanes) is 2. The predicted molar refractivity (Wildman–Crippen MR) is 54.9 cm³/mol. The molecule has 1 unspecified atom stereocenters. The van der Waals surface area contributed by atoms with Crippen LogP contribution in [0.25, 0.3) is 0 Å². The zero-order valence-corrected chi connectivity index (χ0v) is 9.12. The van der Waals surface area contributed by atoms with E-state index in [4.69, 9.17) is 9.84 Å². The van der Waals surface area contributed by atoms with E-state index in [1.807, 2.05) is 0 Å². The fourth-order valence-electron chi connectivity index (χ4n) is 1.28. The Morgan fingerprint density at radius 2 is 2.00 bits per heavy atom. The first kappa shape index (κ1) is 12.9. The van der Waals surface area contributed by atoms with E-state index in [1.165, 1.54) is 0 Å². The van der Waals surface area contributed by atoms with Gasteiger partial charge in [0.2, 0.25) is 0 Å². The van der Waals surface area contributed by atoms with Gasteiger partial charge >= 0.3 is 0 Å². The van der Waals surface area contributed by atoms with E-state index >= 15 is 0 Å². The van der Waals surface area contributed by atoms with Crippen LogP contribution in [-0.4, -0.2) is 50.0 Å². The first-order chi connectivity index (χ1) is 6.20. The first-order valence-electron chi connectivity index (χ1n) is 5.03. The maximum Gasteiger partial charge on any atom is 0.0669 e. The molecule has 1 N–H and O–H groups in total. The number of ether oxygens (including phenoxy) is 1. The van der Waals surface area contributed by atoms with Gasteiger partial charge in [0.1, 0.15) is 0 Å². The van der Waals surface area contributed by atoms with E-state index < -0.39 is 0 Å². The standard InChI is InChI=1S/C10H23NO2/c1-10(13-3)9-11(2)7-5-4-6-8-12/h10,12H,4-9H2,1-3H3. The summed E-state index contributed by atoms with van der Waals surface area (Å²) in [7, 11) is 3.85. The Kier molecular flexibility index (Phi) is 8.40. The van der Waals surface area contributed by atoms with Crippen molar-refractivity contribution < 1.29 is 9.84 Å². The van der Waals surface area contributed by atoms with Crippen LogP contribution < -0.4 is 0 Å². The zero-order valence-electron chi connectivity index (χ0n) is 9.12. The van der Waals surface area contributed by atoms with Gasteiger partial charge in [0.15, 0.2) is 0 Å². The van der Waals surface area contributed by atoms with Gasteiger partial charge in [-0.1, -0.05) is 0 Å². The number of nitrogens with zero attached hydrogens (tertiary/aromatic N) is 1. The molecule has 3 heteroatoms. The molecule has 0 fully saturated rings. The Balaban J connectivity index is 3.24. The van der Waals surface area contributed by atoms with Crippen molar-refractivity contribution in [2.45, 2.75) is 32.3 Å². The Hall–Kier alpha value is -0.120. The van der Waals surface area contributed by atoms with Crippen molar-refractivity contribution in [3.63, 3.8) is 0 Å². The molecule has 13 heavy (non-hydrogen) atoms. The fraction of sp³-hybridized carbons (Fsp3) is 1.00. The molecule has 1 atom stereocenters. The van der Waals surface area contributed by atoms with Crippen LogP contribution in [0.1, 0.15) is 26.2 Å². The fourth-order valence-corrected chi connectivity index (χ4v) is 1.28. The van der Waals surface area contributed by atoms with Crippen LogP contribution in [0.5, 0.6) is 0 Å². The molecule has 0 heterocycles. The second-order valence-corrected chi connectivity index (χ2v) is 3.59. The highest BCUT2D eigenvalue weighted by Crippen LogP contribution is 1.98. The van der Waals surface area contributed by atoms with E-state index in [2.05, 4.69) is 18.9 Å². The third kappa shape index (κ3) is 8.22. The average molecular weight is 189 g/mol. The monoisotopic (exact) mass is 189 g/mol. The predicted octanol–water partition coefficient (Wildman–Crippen LogP) is 1.12. The van der Waals surface area contributed by atoms with E-state index in [0.717, 1.165) is 32.4 Å². The summed E-state index contributed by atoms with van der Waals surface area (Å²) in [5.41, 5.74) is 0.